The molecule has 2 aliphatic heterocycles. The minimum Gasteiger partial charge on any atom is -0.497 e. The maximum atomic E-state index is 12.9. The topological polar surface area (TPSA) is 59.4 Å². The monoisotopic (exact) mass is 416 g/mol. The number of methoxy groups -OCH3 is 1. The first kappa shape index (κ1) is 19.8. The van der Waals surface area contributed by atoms with Gasteiger partial charge >= 0.3 is 0 Å². The number of fused-ring (bicyclic) bond motifs is 4. The van der Waals surface area contributed by atoms with Crippen LogP contribution >= 0.6 is 0 Å². The molecular weight excluding hydrogens is 388 g/mol. The van der Waals surface area contributed by atoms with E-state index in [4.69, 9.17) is 9.72 Å². The maximum absolute atomic E-state index is 12.9. The minimum absolute atomic E-state index is 0.199. The summed E-state index contributed by atoms with van der Waals surface area (Å²) in [6.07, 6.45) is 6.95. The number of amides is 1. The highest BCUT2D eigenvalue weighted by Gasteiger charge is 2.41. The number of carbonyl (C=O) groups is 1. The van der Waals surface area contributed by atoms with Gasteiger partial charge in [-0.2, -0.15) is 0 Å². The molecule has 160 valence electrons. The van der Waals surface area contributed by atoms with E-state index in [-0.39, 0.29) is 11.4 Å². The number of ether oxygens (including phenoxy) is 1. The fourth-order valence-electron chi connectivity index (χ4n) is 4.83. The highest BCUT2D eigenvalue weighted by molar-refractivity contribution is 5.76. The van der Waals surface area contributed by atoms with Crippen LogP contribution in [0.5, 0.6) is 5.75 Å². The predicted octanol–water partition coefficient (Wildman–Crippen LogP) is 3.43. The van der Waals surface area contributed by atoms with Crippen molar-refractivity contribution >= 4 is 5.91 Å². The van der Waals surface area contributed by atoms with Gasteiger partial charge in [0.25, 0.3) is 0 Å². The second-order valence-electron chi connectivity index (χ2n) is 8.41. The van der Waals surface area contributed by atoms with Crippen LogP contribution in [0.25, 0.3) is 5.69 Å². The lowest BCUT2D eigenvalue weighted by atomic mass is 9.86. The number of aromatic nitrogens is 2. The lowest BCUT2D eigenvalue weighted by molar-refractivity contribution is -0.133. The Balaban J connectivity index is 1.25. The molecule has 5 rings (SSSR count). The molecule has 0 aliphatic carbocycles. The van der Waals surface area contributed by atoms with E-state index in [0.29, 0.717) is 6.42 Å². The van der Waals surface area contributed by atoms with Crippen LogP contribution < -0.4 is 10.1 Å². The van der Waals surface area contributed by atoms with Crippen LogP contribution in [0.1, 0.15) is 36.2 Å². The predicted molar refractivity (Wildman–Crippen MR) is 119 cm³/mol. The van der Waals surface area contributed by atoms with Gasteiger partial charge in [-0.25, -0.2) is 4.98 Å². The molecular formula is C25H28N4O2. The molecule has 1 spiro atoms. The summed E-state index contributed by atoms with van der Waals surface area (Å²) in [4.78, 5) is 19.6. The van der Waals surface area contributed by atoms with Crippen LogP contribution in [-0.2, 0) is 23.3 Å². The van der Waals surface area contributed by atoms with Gasteiger partial charge in [-0.1, -0.05) is 30.3 Å². The van der Waals surface area contributed by atoms with Crippen molar-refractivity contribution < 1.29 is 9.53 Å². The van der Waals surface area contributed by atoms with Gasteiger partial charge in [-0.3, -0.25) is 4.79 Å². The third-order valence-corrected chi connectivity index (χ3v) is 6.69. The molecule has 1 aromatic heterocycles. The van der Waals surface area contributed by atoms with Gasteiger partial charge in [0.1, 0.15) is 11.6 Å². The van der Waals surface area contributed by atoms with Gasteiger partial charge in [-0.15, -0.1) is 0 Å². The first-order valence-electron chi connectivity index (χ1n) is 11.0. The number of imidazole rings is 1. The van der Waals surface area contributed by atoms with Crippen molar-refractivity contribution in [1.29, 1.82) is 0 Å². The third-order valence-electron chi connectivity index (χ3n) is 6.69. The summed E-state index contributed by atoms with van der Waals surface area (Å²) in [5.41, 5.74) is 3.43. The number of likely N-dealkylation sites (tertiary alicyclic amines) is 1. The van der Waals surface area contributed by atoms with Crippen LogP contribution in [0, 0.1) is 0 Å². The number of benzene rings is 2. The average Bonchev–Trinajstić information content (AvgIpc) is 3.28. The number of nitrogens with one attached hydrogen (secondary N) is 1. The van der Waals surface area contributed by atoms with Crippen molar-refractivity contribution in [2.75, 3.05) is 20.2 Å². The van der Waals surface area contributed by atoms with Crippen molar-refractivity contribution in [1.82, 2.24) is 19.8 Å². The Bertz CT molecular complexity index is 1070. The van der Waals surface area contributed by atoms with Crippen molar-refractivity contribution in [3.05, 3.63) is 77.9 Å². The zero-order valence-corrected chi connectivity index (χ0v) is 17.9. The number of nitrogens with zero attached hydrogens (tertiary/aromatic N) is 3. The van der Waals surface area contributed by atoms with E-state index in [1.165, 1.54) is 11.3 Å². The lowest BCUT2D eigenvalue weighted by Crippen LogP contribution is -2.52. The summed E-state index contributed by atoms with van der Waals surface area (Å²) < 4.78 is 7.42. The van der Waals surface area contributed by atoms with Gasteiger partial charge in [-0.05, 0) is 48.6 Å². The SMILES string of the molecule is COc1ccc(CCC(=O)N2CCC3(CC2)NCc2ccccc2-n2ccnc23)cc1. The van der Waals surface area contributed by atoms with Crippen molar-refractivity contribution in [3.63, 3.8) is 0 Å². The lowest BCUT2D eigenvalue weighted by Gasteiger charge is -2.41. The van der Waals surface area contributed by atoms with Crippen molar-refractivity contribution in [3.8, 4) is 11.4 Å². The molecule has 1 fully saturated rings. The Morgan fingerprint density at radius 1 is 1.13 bits per heavy atom. The zero-order valence-electron chi connectivity index (χ0n) is 17.9. The quantitative estimate of drug-likeness (QED) is 0.708. The molecule has 6 heteroatoms. The van der Waals surface area contributed by atoms with E-state index in [1.54, 1.807) is 7.11 Å². The van der Waals surface area contributed by atoms with E-state index < -0.39 is 0 Å². The molecule has 2 aliphatic rings. The maximum Gasteiger partial charge on any atom is 0.222 e. The normalized spacial score (nSPS) is 17.0. The smallest absolute Gasteiger partial charge is 0.222 e. The average molecular weight is 417 g/mol. The van der Waals surface area contributed by atoms with Gasteiger partial charge in [0.15, 0.2) is 0 Å². The Kier molecular flexibility index (Phi) is 5.24. The Morgan fingerprint density at radius 2 is 1.90 bits per heavy atom. The first-order chi connectivity index (χ1) is 15.2. The van der Waals surface area contributed by atoms with Crippen LogP contribution in [0.4, 0.5) is 0 Å². The van der Waals surface area contributed by atoms with E-state index in [9.17, 15) is 4.79 Å². The number of hydrogen-bond donors (Lipinski definition) is 1. The van der Waals surface area contributed by atoms with Crippen molar-refractivity contribution in [2.24, 2.45) is 0 Å². The molecule has 0 saturated carbocycles. The largest absolute Gasteiger partial charge is 0.497 e. The second-order valence-corrected chi connectivity index (χ2v) is 8.41. The highest BCUT2D eigenvalue weighted by atomic mass is 16.5. The van der Waals surface area contributed by atoms with Crippen LogP contribution in [0.15, 0.2) is 60.9 Å². The van der Waals surface area contributed by atoms with E-state index in [2.05, 4.69) is 40.3 Å². The Labute approximate surface area is 182 Å². The molecule has 1 saturated heterocycles. The van der Waals surface area contributed by atoms with E-state index in [0.717, 1.165) is 56.0 Å². The van der Waals surface area contributed by atoms with E-state index >= 15 is 0 Å². The van der Waals surface area contributed by atoms with E-state index in [1.807, 2.05) is 35.4 Å². The molecule has 0 radical (unpaired) electrons. The van der Waals surface area contributed by atoms with Crippen LogP contribution in [0.2, 0.25) is 0 Å². The summed E-state index contributed by atoms with van der Waals surface area (Å²) >= 11 is 0. The Hall–Kier alpha value is -3.12. The third kappa shape index (κ3) is 3.72. The molecule has 1 N–H and O–H groups in total. The molecule has 0 atom stereocenters. The molecule has 31 heavy (non-hydrogen) atoms. The highest BCUT2D eigenvalue weighted by Crippen LogP contribution is 2.36. The minimum atomic E-state index is -0.199. The number of carbonyl (C=O) groups excluding carboxylic acids is 1. The summed E-state index contributed by atoms with van der Waals surface area (Å²) in [7, 11) is 1.66. The molecule has 2 aromatic carbocycles. The number of para-hydroxylation sites is 1. The summed E-state index contributed by atoms with van der Waals surface area (Å²) in [6.45, 7) is 2.31. The number of aryl methyl sites for hydroxylation is 1. The molecule has 3 heterocycles. The molecule has 6 nitrogen and oxygen atoms in total. The summed E-state index contributed by atoms with van der Waals surface area (Å²) in [6, 6.07) is 16.4. The number of rotatable bonds is 4. The standard InChI is InChI=1S/C25H28N4O2/c1-31-21-9-6-19(7-10-21)8-11-23(30)28-15-12-25(13-16-28)24-26-14-17-29(24)22-5-3-2-4-20(22)18-27-25/h2-7,9-10,14,17,27H,8,11-13,15-16,18H2,1H3. The summed E-state index contributed by atoms with van der Waals surface area (Å²) in [5, 5.41) is 3.79. The van der Waals surface area contributed by atoms with Crippen molar-refractivity contribution in [2.45, 2.75) is 37.8 Å². The number of piperidine rings is 1. The molecule has 0 unspecified atom stereocenters. The zero-order chi connectivity index (χ0) is 21.3. The van der Waals surface area contributed by atoms with Gasteiger partial charge < -0.3 is 19.5 Å². The second kappa shape index (κ2) is 8.19. The number of hydrogen-bond acceptors (Lipinski definition) is 4. The van der Waals surface area contributed by atoms with Gasteiger partial charge in [0, 0.05) is 38.4 Å². The first-order valence-corrected chi connectivity index (χ1v) is 11.0. The fraction of sp³-hybridized carbons (Fsp3) is 0.360. The van der Waals surface area contributed by atoms with Gasteiger partial charge in [0.2, 0.25) is 5.91 Å². The molecule has 3 aromatic rings. The molecule has 0 bridgehead atoms. The Morgan fingerprint density at radius 3 is 2.68 bits per heavy atom. The van der Waals surface area contributed by atoms with Gasteiger partial charge in [0.05, 0.1) is 18.3 Å². The van der Waals surface area contributed by atoms with Crippen LogP contribution in [-0.4, -0.2) is 40.6 Å². The molecule has 1 amide bonds. The summed E-state index contributed by atoms with van der Waals surface area (Å²) in [5.74, 6) is 2.13. The fourth-order valence-corrected chi connectivity index (χ4v) is 4.83. The van der Waals surface area contributed by atoms with Crippen LogP contribution in [0.3, 0.4) is 0 Å².